The van der Waals surface area contributed by atoms with Gasteiger partial charge in [-0.05, 0) is 48.8 Å². The molecule has 5 heteroatoms. The number of aromatic nitrogens is 1. The van der Waals surface area contributed by atoms with Gasteiger partial charge in [-0.1, -0.05) is 30.3 Å². The monoisotopic (exact) mass is 366 g/mol. The number of oxazole rings is 1. The lowest BCUT2D eigenvalue weighted by Gasteiger charge is -2.25. The molecule has 0 fully saturated rings. The van der Waals surface area contributed by atoms with Crippen molar-refractivity contribution in [2.75, 3.05) is 6.54 Å². The summed E-state index contributed by atoms with van der Waals surface area (Å²) < 4.78 is 5.72. The number of carbonyl (C=O) groups is 1. The fourth-order valence-corrected chi connectivity index (χ4v) is 4.26. The minimum Gasteiger partial charge on any atom is -0.440 e. The molecule has 0 bridgehead atoms. The first-order chi connectivity index (χ1) is 12.7. The molecule has 0 radical (unpaired) electrons. The van der Waals surface area contributed by atoms with Gasteiger partial charge in [0.05, 0.1) is 17.0 Å². The van der Waals surface area contributed by atoms with E-state index in [9.17, 15) is 4.79 Å². The maximum Gasteiger partial charge on any atom is 0.236 e. The predicted octanol–water partition coefficient (Wildman–Crippen LogP) is 4.49. The normalized spacial score (nSPS) is 16.3. The molecule has 0 aliphatic heterocycles. The molecule has 26 heavy (non-hydrogen) atoms. The molecule has 2 aromatic heterocycles. The third-order valence-electron chi connectivity index (χ3n) is 4.99. The van der Waals surface area contributed by atoms with Crippen LogP contribution in [0.3, 0.4) is 0 Å². The zero-order valence-corrected chi connectivity index (χ0v) is 15.6. The molecule has 4 nitrogen and oxygen atoms in total. The van der Waals surface area contributed by atoms with Crippen molar-refractivity contribution in [3.05, 3.63) is 64.4 Å². The minimum absolute atomic E-state index is 0.00202. The van der Waals surface area contributed by atoms with Crippen molar-refractivity contribution >= 4 is 17.2 Å². The van der Waals surface area contributed by atoms with E-state index in [1.807, 2.05) is 24.4 Å². The van der Waals surface area contributed by atoms with E-state index in [0.717, 1.165) is 23.4 Å². The number of amides is 1. The maximum atomic E-state index is 12.4. The maximum absolute atomic E-state index is 12.4. The van der Waals surface area contributed by atoms with Crippen molar-refractivity contribution in [3.63, 3.8) is 0 Å². The molecule has 134 valence electrons. The Morgan fingerprint density at radius 3 is 3.04 bits per heavy atom. The topological polar surface area (TPSA) is 55.1 Å². The van der Waals surface area contributed by atoms with Crippen LogP contribution in [0.15, 0.2) is 46.2 Å². The van der Waals surface area contributed by atoms with E-state index in [-0.39, 0.29) is 12.3 Å². The molecule has 2 heterocycles. The van der Waals surface area contributed by atoms with Gasteiger partial charge < -0.3 is 9.73 Å². The fraction of sp³-hybridized carbons (Fsp3) is 0.333. The summed E-state index contributed by atoms with van der Waals surface area (Å²) in [6, 6.07) is 12.5. The lowest BCUT2D eigenvalue weighted by atomic mass is 9.83. The van der Waals surface area contributed by atoms with Crippen LogP contribution in [0.2, 0.25) is 0 Å². The largest absolute Gasteiger partial charge is 0.440 e. The third-order valence-corrected chi connectivity index (χ3v) is 5.85. The van der Waals surface area contributed by atoms with E-state index in [1.165, 1.54) is 17.5 Å². The number of aryl methyl sites for hydroxylation is 2. The molecule has 4 rings (SSSR count). The Bertz CT molecular complexity index is 899. The van der Waals surface area contributed by atoms with Gasteiger partial charge in [0.25, 0.3) is 0 Å². The summed E-state index contributed by atoms with van der Waals surface area (Å²) in [5.74, 6) is 1.72. The van der Waals surface area contributed by atoms with Gasteiger partial charge in [-0.2, -0.15) is 0 Å². The van der Waals surface area contributed by atoms with Crippen LogP contribution < -0.4 is 5.32 Å². The highest BCUT2D eigenvalue weighted by atomic mass is 32.1. The Morgan fingerprint density at radius 1 is 1.31 bits per heavy atom. The number of rotatable bonds is 5. The number of nitrogens with zero attached hydrogens (tertiary/aromatic N) is 1. The summed E-state index contributed by atoms with van der Waals surface area (Å²) in [5, 5.41) is 5.08. The number of hydrogen-bond donors (Lipinski definition) is 1. The highest BCUT2D eigenvalue weighted by Gasteiger charge is 2.21. The summed E-state index contributed by atoms with van der Waals surface area (Å²) in [4.78, 5) is 17.9. The molecule has 1 N–H and O–H groups in total. The number of hydrogen-bond acceptors (Lipinski definition) is 4. The van der Waals surface area contributed by atoms with Gasteiger partial charge in [-0.25, -0.2) is 4.98 Å². The van der Waals surface area contributed by atoms with E-state index < -0.39 is 0 Å². The van der Waals surface area contributed by atoms with Crippen molar-refractivity contribution in [3.8, 4) is 10.8 Å². The number of fused-ring (bicyclic) bond motifs is 1. The second kappa shape index (κ2) is 7.46. The Hall–Kier alpha value is -2.40. The molecule has 0 saturated heterocycles. The molecule has 1 atom stereocenters. The molecule has 3 aromatic rings. The van der Waals surface area contributed by atoms with Crippen LogP contribution >= 0.6 is 11.3 Å². The van der Waals surface area contributed by atoms with Gasteiger partial charge in [0, 0.05) is 12.5 Å². The minimum atomic E-state index is 0.00202. The van der Waals surface area contributed by atoms with Crippen molar-refractivity contribution < 1.29 is 9.21 Å². The van der Waals surface area contributed by atoms with Crippen LogP contribution in [-0.4, -0.2) is 17.4 Å². The van der Waals surface area contributed by atoms with Gasteiger partial charge in [0.1, 0.15) is 5.76 Å². The predicted molar refractivity (Wildman–Crippen MR) is 103 cm³/mol. The smallest absolute Gasteiger partial charge is 0.236 e. The molecule has 1 aromatic carbocycles. The summed E-state index contributed by atoms with van der Waals surface area (Å²) >= 11 is 1.58. The SMILES string of the molecule is Cc1oc(-c2cccs2)nc1CC(=O)NCC1CCCc2ccccc21. The van der Waals surface area contributed by atoms with E-state index >= 15 is 0 Å². The Labute approximate surface area is 157 Å². The van der Waals surface area contributed by atoms with Gasteiger partial charge in [0.2, 0.25) is 11.8 Å². The summed E-state index contributed by atoms with van der Waals surface area (Å²) in [5.41, 5.74) is 3.53. The molecule has 1 amide bonds. The van der Waals surface area contributed by atoms with E-state index in [2.05, 4.69) is 34.6 Å². The van der Waals surface area contributed by atoms with Crippen LogP contribution in [0.4, 0.5) is 0 Å². The fourth-order valence-electron chi connectivity index (χ4n) is 3.62. The highest BCUT2D eigenvalue weighted by Crippen LogP contribution is 2.31. The number of benzene rings is 1. The van der Waals surface area contributed by atoms with Crippen LogP contribution in [-0.2, 0) is 17.6 Å². The zero-order chi connectivity index (χ0) is 17.9. The Morgan fingerprint density at radius 2 is 2.19 bits per heavy atom. The average molecular weight is 366 g/mol. The van der Waals surface area contributed by atoms with Crippen molar-refractivity contribution in [1.82, 2.24) is 10.3 Å². The van der Waals surface area contributed by atoms with E-state index in [4.69, 9.17) is 4.42 Å². The number of nitrogens with one attached hydrogen (secondary N) is 1. The van der Waals surface area contributed by atoms with Crippen LogP contribution in [0.1, 0.15) is 41.3 Å². The molecule has 1 aliphatic rings. The Balaban J connectivity index is 1.38. The average Bonchev–Trinajstić information content (AvgIpc) is 3.30. The van der Waals surface area contributed by atoms with Gasteiger partial charge in [0.15, 0.2) is 0 Å². The standard InChI is InChI=1S/C21H22N2O2S/c1-14-18(23-21(25-14)19-10-5-11-26-19)12-20(24)22-13-16-8-4-7-15-6-2-3-9-17(15)16/h2-3,5-6,9-11,16H,4,7-8,12-13H2,1H3,(H,22,24). The van der Waals surface area contributed by atoms with Crippen LogP contribution in [0.25, 0.3) is 10.8 Å². The lowest BCUT2D eigenvalue weighted by molar-refractivity contribution is -0.120. The molecule has 0 saturated carbocycles. The molecular weight excluding hydrogens is 344 g/mol. The molecule has 0 spiro atoms. The van der Waals surface area contributed by atoms with Gasteiger partial charge >= 0.3 is 0 Å². The summed E-state index contributed by atoms with van der Waals surface area (Å²) in [6.45, 7) is 2.55. The van der Waals surface area contributed by atoms with Gasteiger partial charge in [-0.15, -0.1) is 11.3 Å². The third kappa shape index (κ3) is 3.58. The molecular formula is C21H22N2O2S. The number of carbonyl (C=O) groups excluding carboxylic acids is 1. The first-order valence-corrected chi connectivity index (χ1v) is 9.93. The van der Waals surface area contributed by atoms with Crippen molar-refractivity contribution in [2.45, 2.75) is 38.5 Å². The summed E-state index contributed by atoms with van der Waals surface area (Å²) in [6.07, 6.45) is 3.71. The van der Waals surface area contributed by atoms with Crippen LogP contribution in [0, 0.1) is 6.92 Å². The quantitative estimate of drug-likeness (QED) is 0.724. The second-order valence-corrected chi connectivity index (χ2v) is 7.72. The van der Waals surface area contributed by atoms with Crippen LogP contribution in [0.5, 0.6) is 0 Å². The van der Waals surface area contributed by atoms with Gasteiger partial charge in [-0.3, -0.25) is 4.79 Å². The Kier molecular flexibility index (Phi) is 4.89. The zero-order valence-electron chi connectivity index (χ0n) is 14.8. The van der Waals surface area contributed by atoms with E-state index in [0.29, 0.717) is 24.1 Å². The summed E-state index contributed by atoms with van der Waals surface area (Å²) in [7, 11) is 0. The molecule has 1 unspecified atom stereocenters. The first kappa shape index (κ1) is 17.0. The molecule has 1 aliphatic carbocycles. The van der Waals surface area contributed by atoms with Crippen molar-refractivity contribution in [2.24, 2.45) is 0 Å². The number of thiophene rings is 1. The highest BCUT2D eigenvalue weighted by molar-refractivity contribution is 7.13. The van der Waals surface area contributed by atoms with E-state index in [1.54, 1.807) is 11.3 Å². The lowest BCUT2D eigenvalue weighted by Crippen LogP contribution is -2.31. The first-order valence-electron chi connectivity index (χ1n) is 9.05. The second-order valence-electron chi connectivity index (χ2n) is 6.77. The van der Waals surface area contributed by atoms with Crippen molar-refractivity contribution in [1.29, 1.82) is 0 Å².